The first-order chi connectivity index (χ1) is 9.56. The quantitative estimate of drug-likeness (QED) is 0.857. The smallest absolute Gasteiger partial charge is 0.335 e. The minimum atomic E-state index is -0.996. The number of ether oxygens (including phenoxy) is 1. The molecule has 1 amide bonds. The molecular formula is C14H12N2O4. The molecule has 102 valence electrons. The van der Waals surface area contributed by atoms with E-state index >= 15 is 0 Å². The van der Waals surface area contributed by atoms with Crippen molar-refractivity contribution in [2.24, 2.45) is 5.73 Å². The minimum absolute atomic E-state index is 0.172. The summed E-state index contributed by atoms with van der Waals surface area (Å²) in [5, 5.41) is 8.89. The van der Waals surface area contributed by atoms with Gasteiger partial charge in [0.25, 0.3) is 0 Å². The van der Waals surface area contributed by atoms with Crippen LogP contribution in [0.3, 0.4) is 0 Å². The van der Waals surface area contributed by atoms with Crippen LogP contribution in [0.25, 0.3) is 0 Å². The van der Waals surface area contributed by atoms with Crippen LogP contribution in [0.5, 0.6) is 5.75 Å². The number of carbonyl (C=O) groups excluding carboxylic acids is 1. The summed E-state index contributed by atoms with van der Waals surface area (Å²) in [6.07, 6.45) is 2.80. The van der Waals surface area contributed by atoms with E-state index in [2.05, 4.69) is 4.98 Å². The van der Waals surface area contributed by atoms with E-state index in [1.165, 1.54) is 30.6 Å². The Labute approximate surface area is 114 Å². The zero-order valence-electron chi connectivity index (χ0n) is 10.4. The Morgan fingerprint density at radius 2 is 2.00 bits per heavy atom. The predicted octanol–water partition coefficient (Wildman–Crippen LogP) is 1.46. The molecule has 0 fully saturated rings. The number of nitrogens with zero attached hydrogens (tertiary/aromatic N) is 1. The van der Waals surface area contributed by atoms with Crippen molar-refractivity contribution in [1.29, 1.82) is 0 Å². The highest BCUT2D eigenvalue weighted by Gasteiger charge is 2.05. The standard InChI is InChI=1S/C14H12N2O4/c15-13(17)11-5-12(7-16-6-11)20-8-9-2-1-3-10(4-9)14(18)19/h1-7H,8H2,(H2,15,17)(H,18,19). The molecule has 6 nitrogen and oxygen atoms in total. The van der Waals surface area contributed by atoms with Crippen molar-refractivity contribution in [3.05, 3.63) is 59.4 Å². The number of carboxylic acids is 1. The van der Waals surface area contributed by atoms with Gasteiger partial charge < -0.3 is 15.6 Å². The van der Waals surface area contributed by atoms with Crippen LogP contribution in [0.1, 0.15) is 26.3 Å². The first-order valence-corrected chi connectivity index (χ1v) is 5.76. The lowest BCUT2D eigenvalue weighted by atomic mass is 10.1. The Balaban J connectivity index is 2.08. The van der Waals surface area contributed by atoms with Crippen molar-refractivity contribution >= 4 is 11.9 Å². The van der Waals surface area contributed by atoms with Gasteiger partial charge in [0.1, 0.15) is 12.4 Å². The number of nitrogens with two attached hydrogens (primary N) is 1. The van der Waals surface area contributed by atoms with Gasteiger partial charge in [-0.25, -0.2) is 4.79 Å². The monoisotopic (exact) mass is 272 g/mol. The molecule has 3 N–H and O–H groups in total. The van der Waals surface area contributed by atoms with Gasteiger partial charge in [-0.05, 0) is 23.8 Å². The van der Waals surface area contributed by atoms with Gasteiger partial charge in [0.2, 0.25) is 5.91 Å². The van der Waals surface area contributed by atoms with E-state index in [4.69, 9.17) is 15.6 Å². The molecule has 1 aromatic carbocycles. The summed E-state index contributed by atoms with van der Waals surface area (Å²) in [5.41, 5.74) is 6.29. The maximum atomic E-state index is 11.0. The minimum Gasteiger partial charge on any atom is -0.487 e. The lowest BCUT2D eigenvalue weighted by Crippen LogP contribution is -2.11. The Morgan fingerprint density at radius 1 is 1.20 bits per heavy atom. The summed E-state index contributed by atoms with van der Waals surface area (Å²) in [7, 11) is 0. The third-order valence-corrected chi connectivity index (χ3v) is 2.58. The van der Waals surface area contributed by atoms with Gasteiger partial charge in [0.05, 0.1) is 17.3 Å². The molecule has 0 radical (unpaired) electrons. The lowest BCUT2D eigenvalue weighted by molar-refractivity contribution is 0.0696. The summed E-state index contributed by atoms with van der Waals surface area (Å²) in [6.45, 7) is 0.172. The molecule has 0 atom stereocenters. The summed E-state index contributed by atoms with van der Waals surface area (Å²) in [5.74, 6) is -1.19. The van der Waals surface area contributed by atoms with Crippen molar-refractivity contribution in [3.63, 3.8) is 0 Å². The summed E-state index contributed by atoms with van der Waals surface area (Å²) in [6, 6.07) is 7.89. The fraction of sp³-hybridized carbons (Fsp3) is 0.0714. The molecule has 0 aliphatic heterocycles. The molecule has 2 rings (SSSR count). The van der Waals surface area contributed by atoms with Crippen molar-refractivity contribution in [2.45, 2.75) is 6.61 Å². The molecule has 0 saturated carbocycles. The van der Waals surface area contributed by atoms with Crippen LogP contribution >= 0.6 is 0 Å². The summed E-state index contributed by atoms with van der Waals surface area (Å²) in [4.78, 5) is 25.7. The highest BCUT2D eigenvalue weighted by Crippen LogP contribution is 2.14. The maximum absolute atomic E-state index is 11.0. The average Bonchev–Trinajstić information content (AvgIpc) is 2.45. The number of amides is 1. The molecule has 0 bridgehead atoms. The summed E-state index contributed by atoms with van der Waals surface area (Å²) < 4.78 is 5.45. The van der Waals surface area contributed by atoms with E-state index in [0.29, 0.717) is 11.3 Å². The Hall–Kier alpha value is -2.89. The fourth-order valence-corrected chi connectivity index (χ4v) is 1.59. The van der Waals surface area contributed by atoms with Crippen molar-refractivity contribution in [2.75, 3.05) is 0 Å². The molecule has 1 aromatic heterocycles. The molecule has 2 aromatic rings. The van der Waals surface area contributed by atoms with Gasteiger partial charge in [-0.15, -0.1) is 0 Å². The lowest BCUT2D eigenvalue weighted by Gasteiger charge is -2.07. The number of aromatic nitrogens is 1. The number of carboxylic acid groups (broad SMARTS) is 1. The van der Waals surface area contributed by atoms with E-state index in [0.717, 1.165) is 0 Å². The second-order valence-electron chi connectivity index (χ2n) is 4.07. The Morgan fingerprint density at radius 3 is 2.70 bits per heavy atom. The van der Waals surface area contributed by atoms with Crippen molar-refractivity contribution in [1.82, 2.24) is 4.98 Å². The van der Waals surface area contributed by atoms with Gasteiger partial charge in [-0.2, -0.15) is 0 Å². The van der Waals surface area contributed by atoms with Crippen LogP contribution in [0.4, 0.5) is 0 Å². The number of aromatic carboxylic acids is 1. The van der Waals surface area contributed by atoms with Gasteiger partial charge in [0.15, 0.2) is 0 Å². The molecule has 0 spiro atoms. The number of hydrogen-bond acceptors (Lipinski definition) is 4. The SMILES string of the molecule is NC(=O)c1cncc(OCc2cccc(C(=O)O)c2)c1. The highest BCUT2D eigenvalue weighted by molar-refractivity contribution is 5.92. The zero-order valence-corrected chi connectivity index (χ0v) is 10.4. The zero-order chi connectivity index (χ0) is 14.5. The predicted molar refractivity (Wildman–Crippen MR) is 70.5 cm³/mol. The molecule has 20 heavy (non-hydrogen) atoms. The number of rotatable bonds is 5. The van der Waals surface area contributed by atoms with Gasteiger partial charge >= 0.3 is 5.97 Å². The van der Waals surface area contributed by atoms with E-state index in [1.54, 1.807) is 12.1 Å². The van der Waals surface area contributed by atoms with Crippen LogP contribution in [-0.2, 0) is 6.61 Å². The fourth-order valence-electron chi connectivity index (χ4n) is 1.59. The molecular weight excluding hydrogens is 260 g/mol. The van der Waals surface area contributed by atoms with Crippen LogP contribution in [0.2, 0.25) is 0 Å². The number of benzene rings is 1. The van der Waals surface area contributed by atoms with E-state index in [-0.39, 0.29) is 17.7 Å². The summed E-state index contributed by atoms with van der Waals surface area (Å²) >= 11 is 0. The van der Waals surface area contributed by atoms with Gasteiger partial charge in [0, 0.05) is 6.20 Å². The van der Waals surface area contributed by atoms with Gasteiger partial charge in [-0.3, -0.25) is 9.78 Å². The number of primary amides is 1. The molecule has 1 heterocycles. The maximum Gasteiger partial charge on any atom is 0.335 e. The second kappa shape index (κ2) is 5.83. The molecule has 0 unspecified atom stereocenters. The Kier molecular flexibility index (Phi) is 3.95. The van der Waals surface area contributed by atoms with Crippen molar-refractivity contribution < 1.29 is 19.4 Å². The van der Waals surface area contributed by atoms with Gasteiger partial charge in [-0.1, -0.05) is 12.1 Å². The highest BCUT2D eigenvalue weighted by atomic mass is 16.5. The Bertz CT molecular complexity index is 598. The normalized spacial score (nSPS) is 10.0. The van der Waals surface area contributed by atoms with Crippen molar-refractivity contribution in [3.8, 4) is 5.75 Å². The number of pyridine rings is 1. The molecule has 6 heteroatoms. The third kappa shape index (κ3) is 3.32. The number of carbonyl (C=O) groups is 2. The largest absolute Gasteiger partial charge is 0.487 e. The first-order valence-electron chi connectivity index (χ1n) is 5.76. The van der Waals surface area contributed by atoms with E-state index < -0.39 is 11.9 Å². The number of hydrogen-bond donors (Lipinski definition) is 2. The topological polar surface area (TPSA) is 103 Å². The second-order valence-corrected chi connectivity index (χ2v) is 4.07. The van der Waals surface area contributed by atoms with E-state index in [1.807, 2.05) is 0 Å². The van der Waals surface area contributed by atoms with Crippen LogP contribution in [0, 0.1) is 0 Å². The average molecular weight is 272 g/mol. The van der Waals surface area contributed by atoms with Crippen LogP contribution in [-0.4, -0.2) is 22.0 Å². The van der Waals surface area contributed by atoms with Crippen LogP contribution < -0.4 is 10.5 Å². The third-order valence-electron chi connectivity index (χ3n) is 2.58. The molecule has 0 aliphatic rings. The van der Waals surface area contributed by atoms with E-state index in [9.17, 15) is 9.59 Å². The first kappa shape index (κ1) is 13.5. The molecule has 0 aliphatic carbocycles. The van der Waals surface area contributed by atoms with Crippen LogP contribution in [0.15, 0.2) is 42.7 Å². The molecule has 0 saturated heterocycles.